The lowest BCUT2D eigenvalue weighted by molar-refractivity contribution is -0.0507. The molecule has 0 aliphatic carbocycles. The van der Waals surface area contributed by atoms with Crippen molar-refractivity contribution < 1.29 is 18.3 Å². The predicted molar refractivity (Wildman–Crippen MR) is 85.2 cm³/mol. The van der Waals surface area contributed by atoms with Crippen LogP contribution in [-0.2, 0) is 0 Å². The van der Waals surface area contributed by atoms with Gasteiger partial charge in [-0.25, -0.2) is 0 Å². The molecule has 0 bridgehead atoms. The van der Waals surface area contributed by atoms with Crippen molar-refractivity contribution in [2.24, 2.45) is 0 Å². The number of amides is 1. The third-order valence-corrected chi connectivity index (χ3v) is 4.11. The summed E-state index contributed by atoms with van der Waals surface area (Å²) in [4.78, 5) is 14.8. The highest BCUT2D eigenvalue weighted by atomic mass is 19.3. The highest BCUT2D eigenvalue weighted by Crippen LogP contribution is 2.27. The topological polar surface area (TPSA) is 41.6 Å². The fourth-order valence-corrected chi connectivity index (χ4v) is 3.11. The molecule has 0 radical (unpaired) electrons. The molecule has 0 saturated carbocycles. The molecule has 1 aromatic rings. The summed E-state index contributed by atoms with van der Waals surface area (Å²) in [6, 6.07) is 3.47. The van der Waals surface area contributed by atoms with Gasteiger partial charge in [0.25, 0.3) is 5.91 Å². The normalized spacial score (nSPS) is 17.6. The second-order valence-corrected chi connectivity index (χ2v) is 5.96. The highest BCUT2D eigenvalue weighted by molar-refractivity contribution is 5.95. The van der Waals surface area contributed by atoms with Crippen LogP contribution in [0, 0.1) is 13.8 Å². The van der Waals surface area contributed by atoms with Gasteiger partial charge in [-0.05, 0) is 56.5 Å². The van der Waals surface area contributed by atoms with Gasteiger partial charge in [0.1, 0.15) is 5.75 Å². The molecule has 4 nitrogen and oxygen atoms in total. The summed E-state index contributed by atoms with van der Waals surface area (Å²) in [5.74, 6) is 0.108. The number of hydrogen-bond donors (Lipinski definition) is 1. The number of nitrogens with one attached hydrogen (secondary N) is 1. The summed E-state index contributed by atoms with van der Waals surface area (Å²) in [6.45, 7) is 4.95. The number of alkyl halides is 2. The maximum Gasteiger partial charge on any atom is 0.387 e. The van der Waals surface area contributed by atoms with Crippen molar-refractivity contribution in [3.63, 3.8) is 0 Å². The Balaban J connectivity index is 2.26. The van der Waals surface area contributed by atoms with Crippen LogP contribution in [-0.4, -0.2) is 43.1 Å². The SMILES string of the molecule is CCCN(C(=O)c1cc(C)c(OC(F)F)c(C)c1)C1CCNC1. The molecule has 128 valence electrons. The molecule has 6 heteroatoms. The average molecular weight is 326 g/mol. The Hall–Kier alpha value is -1.69. The molecule has 1 aliphatic heterocycles. The first kappa shape index (κ1) is 17.7. The van der Waals surface area contributed by atoms with Crippen LogP contribution in [0.2, 0.25) is 0 Å². The number of aryl methyl sites for hydroxylation is 2. The first-order valence-corrected chi connectivity index (χ1v) is 8.01. The van der Waals surface area contributed by atoms with Crippen molar-refractivity contribution in [1.82, 2.24) is 10.2 Å². The van der Waals surface area contributed by atoms with E-state index in [1.807, 2.05) is 11.8 Å². The summed E-state index contributed by atoms with van der Waals surface area (Å²) in [5.41, 5.74) is 1.63. The third-order valence-electron chi connectivity index (χ3n) is 4.11. The molecular weight excluding hydrogens is 302 g/mol. The lowest BCUT2D eigenvalue weighted by atomic mass is 10.0. The third kappa shape index (κ3) is 4.19. The molecule has 1 saturated heterocycles. The Labute approximate surface area is 135 Å². The Morgan fingerprint density at radius 3 is 2.52 bits per heavy atom. The molecule has 1 aliphatic rings. The highest BCUT2D eigenvalue weighted by Gasteiger charge is 2.27. The van der Waals surface area contributed by atoms with Gasteiger partial charge in [0.2, 0.25) is 0 Å². The fraction of sp³-hybridized carbons (Fsp3) is 0.588. The Bertz CT molecular complexity index is 535. The second kappa shape index (κ2) is 7.73. The number of nitrogens with zero attached hydrogens (tertiary/aromatic N) is 1. The van der Waals surface area contributed by atoms with Crippen LogP contribution in [0.5, 0.6) is 5.75 Å². The molecular formula is C17H24F2N2O2. The summed E-state index contributed by atoms with van der Waals surface area (Å²) >= 11 is 0. The van der Waals surface area contributed by atoms with Crippen LogP contribution in [0.25, 0.3) is 0 Å². The summed E-state index contributed by atoms with van der Waals surface area (Å²) in [7, 11) is 0. The zero-order valence-electron chi connectivity index (χ0n) is 13.9. The van der Waals surface area contributed by atoms with Crippen LogP contribution >= 0.6 is 0 Å². The molecule has 0 spiro atoms. The minimum absolute atomic E-state index is 0.0460. The van der Waals surface area contributed by atoms with Crippen molar-refractivity contribution in [3.05, 3.63) is 28.8 Å². The number of halogens is 2. The summed E-state index contributed by atoms with van der Waals surface area (Å²) in [5, 5.41) is 3.27. The van der Waals surface area contributed by atoms with Crippen molar-refractivity contribution in [3.8, 4) is 5.75 Å². The van der Waals surface area contributed by atoms with E-state index in [-0.39, 0.29) is 17.7 Å². The van der Waals surface area contributed by atoms with E-state index in [2.05, 4.69) is 10.1 Å². The molecule has 0 aromatic heterocycles. The first-order chi connectivity index (χ1) is 10.9. The summed E-state index contributed by atoms with van der Waals surface area (Å²) < 4.78 is 29.5. The van der Waals surface area contributed by atoms with Crippen molar-refractivity contribution in [2.75, 3.05) is 19.6 Å². The Morgan fingerprint density at radius 1 is 1.39 bits per heavy atom. The molecule has 2 rings (SSSR count). The van der Waals surface area contributed by atoms with Crippen molar-refractivity contribution in [2.45, 2.75) is 46.3 Å². The van der Waals surface area contributed by atoms with Gasteiger partial charge >= 0.3 is 6.61 Å². The van der Waals surface area contributed by atoms with Gasteiger partial charge in [-0.2, -0.15) is 8.78 Å². The van der Waals surface area contributed by atoms with Gasteiger partial charge in [0, 0.05) is 24.7 Å². The molecule has 1 heterocycles. The van der Waals surface area contributed by atoms with E-state index < -0.39 is 6.61 Å². The number of rotatable bonds is 6. The number of carbonyl (C=O) groups excluding carboxylic acids is 1. The largest absolute Gasteiger partial charge is 0.434 e. The van der Waals surface area contributed by atoms with Gasteiger partial charge in [-0.15, -0.1) is 0 Å². The minimum atomic E-state index is -2.87. The lowest BCUT2D eigenvalue weighted by Crippen LogP contribution is -2.42. The first-order valence-electron chi connectivity index (χ1n) is 8.01. The van der Waals surface area contributed by atoms with E-state index in [4.69, 9.17) is 0 Å². The maximum absolute atomic E-state index is 12.9. The maximum atomic E-state index is 12.9. The van der Waals surface area contributed by atoms with Crippen LogP contribution in [0.15, 0.2) is 12.1 Å². The van der Waals surface area contributed by atoms with Crippen molar-refractivity contribution >= 4 is 5.91 Å². The standard InChI is InChI=1S/C17H24F2N2O2/c1-4-7-21(14-5-6-20-10-14)16(22)13-8-11(2)15(12(3)9-13)23-17(18)19/h8-9,14,17,20H,4-7,10H2,1-3H3. The number of hydrogen-bond acceptors (Lipinski definition) is 3. The van der Waals surface area contributed by atoms with E-state index in [1.54, 1.807) is 26.0 Å². The van der Waals surface area contributed by atoms with Crippen LogP contribution in [0.1, 0.15) is 41.3 Å². The van der Waals surface area contributed by atoms with Gasteiger partial charge in [0.15, 0.2) is 0 Å². The zero-order valence-corrected chi connectivity index (χ0v) is 13.9. The number of ether oxygens (including phenoxy) is 1. The molecule has 23 heavy (non-hydrogen) atoms. The van der Waals surface area contributed by atoms with Gasteiger partial charge in [-0.3, -0.25) is 4.79 Å². The van der Waals surface area contributed by atoms with Crippen LogP contribution in [0.4, 0.5) is 8.78 Å². The predicted octanol–water partition coefficient (Wildman–Crippen LogP) is 3.12. The molecule has 1 atom stereocenters. The average Bonchev–Trinajstić information content (AvgIpc) is 3.01. The fourth-order valence-electron chi connectivity index (χ4n) is 3.11. The van der Waals surface area contributed by atoms with Crippen molar-refractivity contribution in [1.29, 1.82) is 0 Å². The summed E-state index contributed by atoms with van der Waals surface area (Å²) in [6.07, 6.45) is 1.82. The van der Waals surface area contributed by atoms with Gasteiger partial charge in [0.05, 0.1) is 0 Å². The minimum Gasteiger partial charge on any atom is -0.434 e. The molecule has 1 N–H and O–H groups in total. The lowest BCUT2D eigenvalue weighted by Gasteiger charge is -2.28. The molecule has 1 fully saturated rings. The quantitative estimate of drug-likeness (QED) is 0.873. The van der Waals surface area contributed by atoms with Crippen LogP contribution < -0.4 is 10.1 Å². The van der Waals surface area contributed by atoms with Crippen LogP contribution in [0.3, 0.4) is 0 Å². The van der Waals surface area contributed by atoms with E-state index in [0.29, 0.717) is 23.2 Å². The van der Waals surface area contributed by atoms with Gasteiger partial charge in [-0.1, -0.05) is 6.92 Å². The van der Waals surface area contributed by atoms with E-state index >= 15 is 0 Å². The zero-order chi connectivity index (χ0) is 17.0. The number of carbonyl (C=O) groups is 1. The Kier molecular flexibility index (Phi) is 5.93. The smallest absolute Gasteiger partial charge is 0.387 e. The Morgan fingerprint density at radius 2 is 2.04 bits per heavy atom. The van der Waals surface area contributed by atoms with E-state index in [1.165, 1.54) is 0 Å². The monoisotopic (exact) mass is 326 g/mol. The van der Waals surface area contributed by atoms with E-state index in [9.17, 15) is 13.6 Å². The molecule has 1 unspecified atom stereocenters. The number of benzene rings is 1. The van der Waals surface area contributed by atoms with E-state index in [0.717, 1.165) is 25.9 Å². The molecule has 1 amide bonds. The molecule has 1 aromatic carbocycles. The van der Waals surface area contributed by atoms with Gasteiger partial charge < -0.3 is 15.0 Å². The second-order valence-electron chi connectivity index (χ2n) is 5.96.